The molecule has 0 aromatic carbocycles. The minimum Gasteiger partial charge on any atom is -0.311 e. The number of hydrogen-bond donors (Lipinski definition) is 1. The van der Waals surface area contributed by atoms with Gasteiger partial charge in [0.2, 0.25) is 0 Å². The highest BCUT2D eigenvalue weighted by Crippen LogP contribution is 2.24. The van der Waals surface area contributed by atoms with Crippen molar-refractivity contribution in [1.29, 1.82) is 0 Å². The molecule has 0 spiro atoms. The molecule has 5 nitrogen and oxygen atoms in total. The van der Waals surface area contributed by atoms with Gasteiger partial charge in [0.15, 0.2) is 4.60 Å². The van der Waals surface area contributed by atoms with E-state index in [1.807, 2.05) is 21.0 Å². The molecule has 0 aliphatic carbocycles. The lowest BCUT2D eigenvalue weighted by Crippen LogP contribution is -2.22. The van der Waals surface area contributed by atoms with E-state index in [0.717, 1.165) is 27.4 Å². The molecule has 0 saturated heterocycles. The van der Waals surface area contributed by atoms with Crippen LogP contribution in [-0.4, -0.2) is 27.0 Å². The van der Waals surface area contributed by atoms with Gasteiger partial charge >= 0.3 is 0 Å². The molecule has 2 heterocycles. The molecule has 0 radical (unpaired) electrons. The summed E-state index contributed by atoms with van der Waals surface area (Å²) in [7, 11) is 3.83. The van der Waals surface area contributed by atoms with Crippen molar-refractivity contribution in [2.24, 2.45) is 7.05 Å². The monoisotopic (exact) mass is 315 g/mol. The van der Waals surface area contributed by atoms with Crippen molar-refractivity contribution in [2.75, 3.05) is 7.05 Å². The van der Waals surface area contributed by atoms with Crippen molar-refractivity contribution in [3.05, 3.63) is 26.4 Å². The predicted molar refractivity (Wildman–Crippen MR) is 71.1 cm³/mol. The summed E-state index contributed by atoms with van der Waals surface area (Å²) in [6.07, 6.45) is 0.842. The third kappa shape index (κ3) is 2.72. The van der Waals surface area contributed by atoms with E-state index >= 15 is 0 Å². The fourth-order valence-corrected chi connectivity index (χ4v) is 3.14. The van der Waals surface area contributed by atoms with E-state index < -0.39 is 0 Å². The Labute approximate surface area is 112 Å². The van der Waals surface area contributed by atoms with Crippen LogP contribution in [0.3, 0.4) is 0 Å². The van der Waals surface area contributed by atoms with Crippen LogP contribution in [0.15, 0.2) is 9.98 Å². The average molecular weight is 316 g/mol. The lowest BCUT2D eigenvalue weighted by atomic mass is 10.1. The molecule has 0 aliphatic rings. The summed E-state index contributed by atoms with van der Waals surface area (Å²) >= 11 is 5.11. The van der Waals surface area contributed by atoms with Crippen LogP contribution in [0.1, 0.15) is 22.4 Å². The summed E-state index contributed by atoms with van der Waals surface area (Å²) in [5, 5.41) is 14.5. The van der Waals surface area contributed by atoms with Crippen LogP contribution in [0.25, 0.3) is 0 Å². The molecule has 0 aliphatic heterocycles. The Hall–Kier alpha value is -0.790. The van der Waals surface area contributed by atoms with Gasteiger partial charge in [-0.25, -0.2) is 9.67 Å². The highest BCUT2D eigenvalue weighted by atomic mass is 79.9. The predicted octanol–water partition coefficient (Wildman–Crippen LogP) is 1.85. The minimum atomic E-state index is 0.162. The second-order valence-corrected chi connectivity index (χ2v) is 5.51. The van der Waals surface area contributed by atoms with Crippen molar-refractivity contribution in [3.63, 3.8) is 0 Å². The molecule has 2 aromatic rings. The van der Waals surface area contributed by atoms with E-state index in [4.69, 9.17) is 0 Å². The Balaban J connectivity index is 2.22. The van der Waals surface area contributed by atoms with E-state index in [1.165, 1.54) is 0 Å². The molecule has 92 valence electrons. The molecule has 1 unspecified atom stereocenters. The number of aromatic nitrogens is 4. The van der Waals surface area contributed by atoms with Crippen LogP contribution < -0.4 is 5.32 Å². The Morgan fingerprint density at radius 1 is 1.59 bits per heavy atom. The molecule has 7 heteroatoms. The van der Waals surface area contributed by atoms with Gasteiger partial charge < -0.3 is 5.32 Å². The zero-order chi connectivity index (χ0) is 12.4. The summed E-state index contributed by atoms with van der Waals surface area (Å²) in [6, 6.07) is 0.162. The third-order valence-corrected chi connectivity index (χ3v) is 4.10. The Kier molecular flexibility index (Phi) is 3.90. The molecule has 2 aromatic heterocycles. The second-order valence-electron chi connectivity index (χ2n) is 3.82. The lowest BCUT2D eigenvalue weighted by molar-refractivity contribution is 0.532. The number of rotatable bonds is 4. The van der Waals surface area contributed by atoms with Crippen LogP contribution >= 0.6 is 27.3 Å². The molecular formula is C10H14BrN5S. The van der Waals surface area contributed by atoms with Crippen LogP contribution in [0.2, 0.25) is 0 Å². The fraction of sp³-hybridized carbons (Fsp3) is 0.500. The quantitative estimate of drug-likeness (QED) is 0.935. The number of nitrogens with zero attached hydrogens (tertiary/aromatic N) is 4. The van der Waals surface area contributed by atoms with Crippen LogP contribution in [0.4, 0.5) is 0 Å². The zero-order valence-electron chi connectivity index (χ0n) is 9.94. The van der Waals surface area contributed by atoms with Gasteiger partial charge in [-0.1, -0.05) is 5.21 Å². The van der Waals surface area contributed by atoms with E-state index in [1.54, 1.807) is 16.0 Å². The van der Waals surface area contributed by atoms with Crippen molar-refractivity contribution in [2.45, 2.75) is 19.4 Å². The lowest BCUT2D eigenvalue weighted by Gasteiger charge is -2.14. The van der Waals surface area contributed by atoms with Crippen molar-refractivity contribution >= 4 is 27.3 Å². The standard InChI is InChI=1S/C10H14BrN5S/c1-6-5-17-8(13-6)4-7(12-2)9-10(11)14-15-16(9)3/h5,7,12H,4H2,1-3H3. The number of hydrogen-bond acceptors (Lipinski definition) is 5. The van der Waals surface area contributed by atoms with Gasteiger partial charge in [-0.15, -0.1) is 16.4 Å². The van der Waals surface area contributed by atoms with Crippen molar-refractivity contribution < 1.29 is 0 Å². The van der Waals surface area contributed by atoms with Gasteiger partial charge in [0.1, 0.15) is 0 Å². The van der Waals surface area contributed by atoms with Gasteiger partial charge in [0, 0.05) is 24.5 Å². The van der Waals surface area contributed by atoms with Gasteiger partial charge in [-0.3, -0.25) is 0 Å². The summed E-state index contributed by atoms with van der Waals surface area (Å²) in [4.78, 5) is 4.48. The molecule has 2 rings (SSSR count). The molecule has 0 bridgehead atoms. The maximum Gasteiger partial charge on any atom is 0.153 e. The van der Waals surface area contributed by atoms with Gasteiger partial charge in [-0.2, -0.15) is 0 Å². The first-order valence-corrected chi connectivity index (χ1v) is 6.92. The molecule has 0 amide bonds. The first kappa shape index (κ1) is 12.7. The highest BCUT2D eigenvalue weighted by Gasteiger charge is 2.20. The van der Waals surface area contributed by atoms with E-state index in [-0.39, 0.29) is 6.04 Å². The van der Waals surface area contributed by atoms with Gasteiger partial charge in [0.25, 0.3) is 0 Å². The average Bonchev–Trinajstić information content (AvgIpc) is 2.84. The van der Waals surface area contributed by atoms with E-state index in [2.05, 4.69) is 41.9 Å². The summed E-state index contributed by atoms with van der Waals surface area (Å²) < 4.78 is 2.57. The van der Waals surface area contributed by atoms with Crippen molar-refractivity contribution in [3.8, 4) is 0 Å². The van der Waals surface area contributed by atoms with E-state index in [0.29, 0.717) is 0 Å². The smallest absolute Gasteiger partial charge is 0.153 e. The second kappa shape index (κ2) is 5.24. The van der Waals surface area contributed by atoms with Crippen molar-refractivity contribution in [1.82, 2.24) is 25.3 Å². The summed E-state index contributed by atoms with van der Waals surface area (Å²) in [6.45, 7) is 2.01. The van der Waals surface area contributed by atoms with Crippen LogP contribution in [0.5, 0.6) is 0 Å². The largest absolute Gasteiger partial charge is 0.311 e. The summed E-state index contributed by atoms with van der Waals surface area (Å²) in [5.41, 5.74) is 2.11. The van der Waals surface area contributed by atoms with Crippen LogP contribution in [-0.2, 0) is 13.5 Å². The number of likely N-dealkylation sites (N-methyl/N-ethyl adjacent to an activating group) is 1. The highest BCUT2D eigenvalue weighted by molar-refractivity contribution is 9.10. The normalized spacial score (nSPS) is 12.9. The SMILES string of the molecule is CNC(Cc1nc(C)cs1)c1c(Br)nnn1C. The zero-order valence-corrected chi connectivity index (χ0v) is 12.3. The van der Waals surface area contributed by atoms with Gasteiger partial charge in [-0.05, 0) is 29.9 Å². The molecular weight excluding hydrogens is 302 g/mol. The fourth-order valence-electron chi connectivity index (χ4n) is 1.72. The number of nitrogens with one attached hydrogen (secondary N) is 1. The molecule has 0 fully saturated rings. The first-order valence-electron chi connectivity index (χ1n) is 5.25. The topological polar surface area (TPSA) is 55.6 Å². The van der Waals surface area contributed by atoms with E-state index in [9.17, 15) is 0 Å². The molecule has 17 heavy (non-hydrogen) atoms. The van der Waals surface area contributed by atoms with Gasteiger partial charge in [0.05, 0.1) is 16.7 Å². The Bertz CT molecular complexity index is 487. The maximum absolute atomic E-state index is 4.48. The molecule has 1 N–H and O–H groups in total. The minimum absolute atomic E-state index is 0.162. The first-order chi connectivity index (χ1) is 8.11. The van der Waals surface area contributed by atoms with Crippen LogP contribution in [0, 0.1) is 6.92 Å². The number of aryl methyl sites for hydroxylation is 2. The Morgan fingerprint density at radius 3 is 2.82 bits per heavy atom. The Morgan fingerprint density at radius 2 is 2.35 bits per heavy atom. The molecule has 1 atom stereocenters. The molecule has 0 saturated carbocycles. The number of thiazole rings is 1. The summed E-state index contributed by atoms with van der Waals surface area (Å²) in [5.74, 6) is 0. The third-order valence-electron chi connectivity index (χ3n) is 2.55. The maximum atomic E-state index is 4.48. The number of halogens is 1.